The molecule has 0 aliphatic heterocycles. The molecule has 38 heavy (non-hydrogen) atoms. The second-order valence-corrected chi connectivity index (χ2v) is 9.24. The Kier molecular flexibility index (Phi) is 6.14. The fourth-order valence-corrected chi connectivity index (χ4v) is 4.84. The van der Waals surface area contributed by atoms with E-state index in [4.69, 9.17) is 8.83 Å². The van der Waals surface area contributed by atoms with Crippen LogP contribution in [0.5, 0.6) is 0 Å². The summed E-state index contributed by atoms with van der Waals surface area (Å²) < 4.78 is 11.1. The smallest absolute Gasteiger partial charge is 0.347 e. The lowest BCUT2D eigenvalue weighted by molar-refractivity contribution is 0.518. The third-order valence-corrected chi connectivity index (χ3v) is 6.73. The van der Waals surface area contributed by atoms with Gasteiger partial charge in [0.25, 0.3) is 0 Å². The lowest BCUT2D eigenvalue weighted by Crippen LogP contribution is -2.08. The van der Waals surface area contributed by atoms with Crippen molar-refractivity contribution >= 4 is 21.8 Å². The summed E-state index contributed by atoms with van der Waals surface area (Å²) in [5, 5.41) is 0.857. The molecular formula is C32H24N2O4. The topological polar surface area (TPSA) is 86.2 Å². The highest BCUT2D eigenvalue weighted by Gasteiger charge is 2.18. The predicted molar refractivity (Wildman–Crippen MR) is 148 cm³/mol. The number of fused-ring (bicyclic) bond motifs is 2. The summed E-state index contributed by atoms with van der Waals surface area (Å²) in [5.41, 5.74) is 3.71. The Bertz CT molecular complexity index is 1740. The van der Waals surface area contributed by atoms with Crippen molar-refractivity contribution in [2.45, 2.75) is 25.7 Å². The van der Waals surface area contributed by atoms with Crippen molar-refractivity contribution in [2.24, 2.45) is 0 Å². The molecule has 6 rings (SSSR count). The SMILES string of the molecule is CCCC(c1ccc2nc(-c3ccccc3)oc(=O)c2c1)c1ccc2nc(-c3ccccc3)oc(=O)c2c1. The summed E-state index contributed by atoms with van der Waals surface area (Å²) in [6.07, 6.45) is 1.75. The molecule has 2 heterocycles. The largest absolute Gasteiger partial charge is 0.403 e. The summed E-state index contributed by atoms with van der Waals surface area (Å²) in [6, 6.07) is 30.2. The van der Waals surface area contributed by atoms with Crippen LogP contribution in [0.25, 0.3) is 44.7 Å². The predicted octanol–water partition coefficient (Wildman–Crippen LogP) is 6.96. The normalized spacial score (nSPS) is 11.4. The van der Waals surface area contributed by atoms with E-state index < -0.39 is 11.3 Å². The van der Waals surface area contributed by atoms with Crippen LogP contribution < -0.4 is 11.3 Å². The van der Waals surface area contributed by atoms with E-state index >= 15 is 0 Å². The van der Waals surface area contributed by atoms with Gasteiger partial charge in [0.15, 0.2) is 0 Å². The maximum atomic E-state index is 12.9. The second kappa shape index (κ2) is 9.90. The number of hydrogen-bond acceptors (Lipinski definition) is 6. The summed E-state index contributed by atoms with van der Waals surface area (Å²) >= 11 is 0. The lowest BCUT2D eigenvalue weighted by Gasteiger charge is -2.18. The second-order valence-electron chi connectivity index (χ2n) is 9.24. The van der Waals surface area contributed by atoms with E-state index in [1.54, 1.807) is 0 Å². The molecule has 0 N–H and O–H groups in total. The van der Waals surface area contributed by atoms with Crippen LogP contribution in [0.1, 0.15) is 36.8 Å². The van der Waals surface area contributed by atoms with Crippen molar-refractivity contribution in [2.75, 3.05) is 0 Å². The summed E-state index contributed by atoms with van der Waals surface area (Å²) in [6.45, 7) is 2.11. The lowest BCUT2D eigenvalue weighted by atomic mass is 9.86. The molecule has 0 radical (unpaired) electrons. The summed E-state index contributed by atoms with van der Waals surface area (Å²) in [5.74, 6) is 0.560. The van der Waals surface area contributed by atoms with E-state index in [1.165, 1.54) is 0 Å². The van der Waals surface area contributed by atoms with Crippen molar-refractivity contribution in [1.82, 2.24) is 9.97 Å². The van der Waals surface area contributed by atoms with Crippen molar-refractivity contribution in [3.05, 3.63) is 129 Å². The van der Waals surface area contributed by atoms with E-state index in [9.17, 15) is 9.59 Å². The highest BCUT2D eigenvalue weighted by Crippen LogP contribution is 2.32. The van der Waals surface area contributed by atoms with Gasteiger partial charge < -0.3 is 8.83 Å². The number of benzene rings is 4. The zero-order valence-electron chi connectivity index (χ0n) is 20.8. The Morgan fingerprint density at radius 3 is 1.50 bits per heavy atom. The summed E-state index contributed by atoms with van der Waals surface area (Å²) in [4.78, 5) is 35.0. The minimum atomic E-state index is -0.428. The van der Waals surface area contributed by atoms with Gasteiger partial charge in [0, 0.05) is 17.0 Å². The molecule has 0 bridgehead atoms. The Morgan fingerprint density at radius 2 is 1.08 bits per heavy atom. The molecule has 0 fully saturated rings. The number of hydrogen-bond donors (Lipinski definition) is 0. The number of rotatable bonds is 6. The molecular weight excluding hydrogens is 476 g/mol. The van der Waals surface area contributed by atoms with Gasteiger partial charge in [-0.1, -0.05) is 61.9 Å². The van der Waals surface area contributed by atoms with E-state index in [0.29, 0.717) is 33.6 Å². The highest BCUT2D eigenvalue weighted by atomic mass is 16.4. The van der Waals surface area contributed by atoms with E-state index in [2.05, 4.69) is 16.9 Å². The van der Waals surface area contributed by atoms with Gasteiger partial charge in [0.2, 0.25) is 11.8 Å². The van der Waals surface area contributed by atoms with Crippen LogP contribution in [-0.4, -0.2) is 9.97 Å². The van der Waals surface area contributed by atoms with Gasteiger partial charge in [-0.15, -0.1) is 0 Å². The fourth-order valence-electron chi connectivity index (χ4n) is 4.84. The van der Waals surface area contributed by atoms with Crippen molar-refractivity contribution in [3.63, 3.8) is 0 Å². The van der Waals surface area contributed by atoms with E-state index in [-0.39, 0.29) is 5.92 Å². The molecule has 4 aromatic carbocycles. The zero-order chi connectivity index (χ0) is 26.1. The van der Waals surface area contributed by atoms with Crippen molar-refractivity contribution < 1.29 is 8.83 Å². The molecule has 6 heteroatoms. The van der Waals surface area contributed by atoms with Gasteiger partial charge >= 0.3 is 11.3 Å². The Balaban J connectivity index is 1.41. The Hall–Kier alpha value is -4.84. The first-order valence-electron chi connectivity index (χ1n) is 12.6. The standard InChI is InChI=1S/C32H24N2O4/c1-2-9-24(22-14-16-27-25(18-22)31(35)37-29(33-27)20-10-5-3-6-11-20)23-15-17-28-26(19-23)32(36)38-30(34-28)21-12-7-4-8-13-21/h3-8,10-19,24H,2,9H2,1H3. The molecule has 0 saturated heterocycles. The van der Waals surface area contributed by atoms with Gasteiger partial charge in [-0.05, 0) is 66.1 Å². The van der Waals surface area contributed by atoms with Gasteiger partial charge in [-0.2, -0.15) is 0 Å². The molecule has 0 amide bonds. The Labute approximate surface area is 218 Å². The molecule has 6 nitrogen and oxygen atoms in total. The maximum absolute atomic E-state index is 12.9. The number of nitrogens with zero attached hydrogens (tertiary/aromatic N) is 2. The van der Waals surface area contributed by atoms with E-state index in [1.807, 2.05) is 97.1 Å². The van der Waals surface area contributed by atoms with Gasteiger partial charge in [-0.3, -0.25) is 0 Å². The van der Waals surface area contributed by atoms with Crippen LogP contribution in [0.4, 0.5) is 0 Å². The minimum Gasteiger partial charge on any atom is -0.403 e. The highest BCUT2D eigenvalue weighted by molar-refractivity contribution is 5.81. The number of aromatic nitrogens is 2. The van der Waals surface area contributed by atoms with Crippen LogP contribution in [0.2, 0.25) is 0 Å². The molecule has 6 aromatic rings. The van der Waals surface area contributed by atoms with Crippen molar-refractivity contribution in [3.8, 4) is 22.9 Å². The molecule has 0 unspecified atom stereocenters. The van der Waals surface area contributed by atoms with Gasteiger partial charge in [-0.25, -0.2) is 19.6 Å². The van der Waals surface area contributed by atoms with Gasteiger partial charge in [0.05, 0.1) is 21.8 Å². The van der Waals surface area contributed by atoms with E-state index in [0.717, 1.165) is 35.1 Å². The molecule has 0 saturated carbocycles. The first kappa shape index (κ1) is 23.6. The molecule has 0 atom stereocenters. The molecule has 186 valence electrons. The quantitative estimate of drug-likeness (QED) is 0.246. The zero-order valence-corrected chi connectivity index (χ0v) is 20.8. The van der Waals surface area contributed by atoms with Crippen LogP contribution in [0.3, 0.4) is 0 Å². The average molecular weight is 501 g/mol. The van der Waals surface area contributed by atoms with Crippen LogP contribution in [0.15, 0.2) is 115 Å². The molecule has 0 aliphatic rings. The first-order chi connectivity index (χ1) is 18.6. The monoisotopic (exact) mass is 500 g/mol. The van der Waals surface area contributed by atoms with Crippen LogP contribution in [-0.2, 0) is 0 Å². The minimum absolute atomic E-state index is 0.0322. The molecule has 0 spiro atoms. The van der Waals surface area contributed by atoms with Crippen LogP contribution >= 0.6 is 0 Å². The van der Waals surface area contributed by atoms with Gasteiger partial charge in [0.1, 0.15) is 0 Å². The maximum Gasteiger partial charge on any atom is 0.347 e. The van der Waals surface area contributed by atoms with Crippen LogP contribution in [0, 0.1) is 0 Å². The first-order valence-corrected chi connectivity index (χ1v) is 12.6. The third-order valence-electron chi connectivity index (χ3n) is 6.73. The third kappa shape index (κ3) is 4.41. The fraction of sp³-hybridized carbons (Fsp3) is 0.125. The van der Waals surface area contributed by atoms with Crippen molar-refractivity contribution in [1.29, 1.82) is 0 Å². The summed E-state index contributed by atoms with van der Waals surface area (Å²) in [7, 11) is 0. The molecule has 0 aliphatic carbocycles. The average Bonchev–Trinajstić information content (AvgIpc) is 2.96. The molecule has 2 aromatic heterocycles. The Morgan fingerprint density at radius 1 is 0.632 bits per heavy atom.